The first kappa shape index (κ1) is 21.5. The van der Waals surface area contributed by atoms with Gasteiger partial charge in [0.05, 0.1) is 0 Å². The second-order valence-corrected chi connectivity index (χ2v) is 7.09. The normalized spacial score (nSPS) is 32.6. The van der Waals surface area contributed by atoms with Gasteiger partial charge >= 0.3 is 11.9 Å². The van der Waals surface area contributed by atoms with Crippen molar-refractivity contribution in [3.63, 3.8) is 0 Å². The van der Waals surface area contributed by atoms with Crippen molar-refractivity contribution >= 4 is 11.9 Å². The van der Waals surface area contributed by atoms with E-state index in [-0.39, 0.29) is 31.4 Å². The number of rotatable bonds is 3. The van der Waals surface area contributed by atoms with Gasteiger partial charge in [-0.05, 0) is 18.4 Å². The van der Waals surface area contributed by atoms with Crippen LogP contribution in [0, 0.1) is 0 Å². The van der Waals surface area contributed by atoms with E-state index in [0.29, 0.717) is 12.8 Å². The number of hydrogen-bond donors (Lipinski definition) is 0. The molecule has 0 radical (unpaired) electrons. The molecule has 7 heteroatoms. The van der Waals surface area contributed by atoms with Crippen molar-refractivity contribution < 1.29 is 33.3 Å². The average molecular weight is 404 g/mol. The summed E-state index contributed by atoms with van der Waals surface area (Å²) in [6.07, 6.45) is 2.43. The fourth-order valence-corrected chi connectivity index (χ4v) is 3.72. The Bertz CT molecular complexity index is 702. The van der Waals surface area contributed by atoms with Gasteiger partial charge in [-0.2, -0.15) is 0 Å². The molecule has 1 unspecified atom stereocenters. The number of benzene rings is 1. The summed E-state index contributed by atoms with van der Waals surface area (Å²) in [7, 11) is 3.12. The van der Waals surface area contributed by atoms with E-state index >= 15 is 0 Å². The smallest absolute Gasteiger partial charge is 0.306 e. The molecule has 1 saturated heterocycles. The first-order valence-electron chi connectivity index (χ1n) is 9.90. The molecule has 7 nitrogen and oxygen atoms in total. The van der Waals surface area contributed by atoms with Gasteiger partial charge in [-0.15, -0.1) is 0 Å². The van der Waals surface area contributed by atoms with Crippen molar-refractivity contribution in [3.8, 4) is 0 Å². The molecule has 158 valence electrons. The van der Waals surface area contributed by atoms with E-state index in [9.17, 15) is 9.59 Å². The summed E-state index contributed by atoms with van der Waals surface area (Å²) in [6, 6.07) is 9.62. The highest BCUT2D eigenvalue weighted by Crippen LogP contribution is 2.36. The molecule has 1 fully saturated rings. The minimum absolute atomic E-state index is 0.0277. The van der Waals surface area contributed by atoms with Crippen LogP contribution in [0.3, 0.4) is 0 Å². The maximum absolute atomic E-state index is 12.4. The van der Waals surface area contributed by atoms with Crippen LogP contribution in [0.4, 0.5) is 0 Å². The largest absolute Gasteiger partial charge is 0.463 e. The molecular weight excluding hydrogens is 376 g/mol. The van der Waals surface area contributed by atoms with Gasteiger partial charge in [-0.3, -0.25) is 9.59 Å². The fraction of sp³-hybridized carbons (Fsp3) is 0.545. The summed E-state index contributed by atoms with van der Waals surface area (Å²) in [4.78, 5) is 24.5. The van der Waals surface area contributed by atoms with Crippen LogP contribution in [-0.4, -0.2) is 57.2 Å². The predicted molar refractivity (Wildman–Crippen MR) is 104 cm³/mol. The molecule has 1 aromatic rings. The molecule has 2 aliphatic rings. The number of methoxy groups -OCH3 is 2. The van der Waals surface area contributed by atoms with E-state index in [1.807, 2.05) is 42.5 Å². The first-order valence-corrected chi connectivity index (χ1v) is 9.90. The van der Waals surface area contributed by atoms with Gasteiger partial charge in [-0.1, -0.05) is 42.5 Å². The van der Waals surface area contributed by atoms with Gasteiger partial charge < -0.3 is 23.7 Å². The molecule has 29 heavy (non-hydrogen) atoms. The Balaban J connectivity index is 1.89. The molecule has 0 amide bonds. The summed E-state index contributed by atoms with van der Waals surface area (Å²) >= 11 is 0. The molecule has 3 rings (SSSR count). The summed E-state index contributed by atoms with van der Waals surface area (Å²) in [6.45, 7) is -0.0277. The van der Waals surface area contributed by atoms with Gasteiger partial charge in [-0.25, -0.2) is 0 Å². The Hall–Kier alpha value is -2.22. The molecule has 2 aliphatic heterocycles. The lowest BCUT2D eigenvalue weighted by Gasteiger charge is -2.45. The number of allylic oxidation sites excluding steroid dienone is 2. The third-order valence-corrected chi connectivity index (χ3v) is 5.18. The first-order chi connectivity index (χ1) is 14.1. The Morgan fingerprint density at radius 1 is 0.897 bits per heavy atom. The van der Waals surface area contributed by atoms with Crippen LogP contribution < -0.4 is 0 Å². The van der Waals surface area contributed by atoms with Crippen LogP contribution in [0.25, 0.3) is 0 Å². The highest BCUT2D eigenvalue weighted by molar-refractivity contribution is 5.70. The third kappa shape index (κ3) is 5.44. The average Bonchev–Trinajstić information content (AvgIpc) is 2.75. The van der Waals surface area contributed by atoms with Crippen molar-refractivity contribution in [2.24, 2.45) is 0 Å². The van der Waals surface area contributed by atoms with Gasteiger partial charge in [0.1, 0.15) is 31.0 Å². The van der Waals surface area contributed by atoms with Crippen molar-refractivity contribution in [2.45, 2.75) is 56.2 Å². The lowest BCUT2D eigenvalue weighted by atomic mass is 9.90. The number of carbonyl (C=O) groups excluding carboxylic acids is 2. The van der Waals surface area contributed by atoms with Gasteiger partial charge in [0.25, 0.3) is 0 Å². The lowest BCUT2D eigenvalue weighted by Crippen LogP contribution is -2.58. The summed E-state index contributed by atoms with van der Waals surface area (Å²) < 4.78 is 28.8. The molecule has 0 aromatic heterocycles. The SMILES string of the molecule is CO[C@@H]1[C@@H](OC)[C@H](c2ccccc2)OC2COC(=O)CC/C=C/CCC(=O)O[C@H]21. The van der Waals surface area contributed by atoms with E-state index < -0.39 is 30.5 Å². The van der Waals surface area contributed by atoms with E-state index in [4.69, 9.17) is 23.7 Å². The Morgan fingerprint density at radius 3 is 2.21 bits per heavy atom. The molecule has 0 aliphatic carbocycles. The van der Waals surface area contributed by atoms with E-state index in [1.54, 1.807) is 14.2 Å². The van der Waals surface area contributed by atoms with Gasteiger partial charge in [0, 0.05) is 27.1 Å². The summed E-state index contributed by atoms with van der Waals surface area (Å²) in [5.41, 5.74) is 0.907. The van der Waals surface area contributed by atoms with Crippen molar-refractivity contribution in [3.05, 3.63) is 48.0 Å². The minimum Gasteiger partial charge on any atom is -0.463 e. The van der Waals surface area contributed by atoms with Crippen LogP contribution in [0.2, 0.25) is 0 Å². The fourth-order valence-electron chi connectivity index (χ4n) is 3.72. The molecule has 2 heterocycles. The molecule has 0 spiro atoms. The van der Waals surface area contributed by atoms with Crippen LogP contribution in [0.1, 0.15) is 37.4 Å². The summed E-state index contributed by atoms with van der Waals surface area (Å²) in [5.74, 6) is -0.671. The molecular formula is C22H28O7. The maximum atomic E-state index is 12.4. The number of esters is 2. The topological polar surface area (TPSA) is 80.3 Å². The third-order valence-electron chi connectivity index (χ3n) is 5.18. The van der Waals surface area contributed by atoms with Gasteiger partial charge in [0.15, 0.2) is 6.10 Å². The highest BCUT2D eigenvalue weighted by Gasteiger charge is 2.49. The zero-order valence-electron chi connectivity index (χ0n) is 16.8. The molecule has 0 saturated carbocycles. The molecule has 0 bridgehead atoms. The number of cyclic esters (lactones) is 1. The highest BCUT2D eigenvalue weighted by atomic mass is 16.6. The Kier molecular flexibility index (Phi) is 7.80. The molecule has 5 atom stereocenters. The van der Waals surface area contributed by atoms with Crippen molar-refractivity contribution in [1.82, 2.24) is 0 Å². The number of hydrogen-bond acceptors (Lipinski definition) is 7. The second kappa shape index (κ2) is 10.5. The van der Waals surface area contributed by atoms with Crippen molar-refractivity contribution in [1.29, 1.82) is 0 Å². The second-order valence-electron chi connectivity index (χ2n) is 7.09. The van der Waals surface area contributed by atoms with Gasteiger partial charge in [0.2, 0.25) is 0 Å². The van der Waals surface area contributed by atoms with Crippen LogP contribution in [0.5, 0.6) is 0 Å². The van der Waals surface area contributed by atoms with Crippen LogP contribution in [0.15, 0.2) is 42.5 Å². The van der Waals surface area contributed by atoms with Crippen LogP contribution >= 0.6 is 0 Å². The number of fused-ring (bicyclic) bond motifs is 1. The van der Waals surface area contributed by atoms with Crippen molar-refractivity contribution in [2.75, 3.05) is 20.8 Å². The standard InChI is InChI=1S/C22H28O7/c1-25-21-19(15-10-6-5-7-11-15)28-16-14-27-17(23)12-8-3-4-9-13-18(24)29-20(16)22(21)26-2/h3-7,10-11,16,19-22H,8-9,12-14H2,1-2H3/b4-3+/t16?,19-,20+,21-,22-/m0/s1. The lowest BCUT2D eigenvalue weighted by molar-refractivity contribution is -0.253. The monoisotopic (exact) mass is 404 g/mol. The number of carbonyl (C=O) groups is 2. The minimum atomic E-state index is -0.755. The Morgan fingerprint density at radius 2 is 1.55 bits per heavy atom. The van der Waals surface area contributed by atoms with E-state index in [0.717, 1.165) is 5.56 Å². The quantitative estimate of drug-likeness (QED) is 0.566. The van der Waals surface area contributed by atoms with Crippen LogP contribution in [-0.2, 0) is 33.3 Å². The molecule has 0 N–H and O–H groups in total. The maximum Gasteiger partial charge on any atom is 0.306 e. The zero-order chi connectivity index (χ0) is 20.6. The number of ether oxygens (including phenoxy) is 5. The predicted octanol–water partition coefficient (Wildman–Crippen LogP) is 2.74. The summed E-state index contributed by atoms with van der Waals surface area (Å²) in [5, 5.41) is 0. The van der Waals surface area contributed by atoms with E-state index in [2.05, 4.69) is 0 Å². The Labute approximate surface area is 170 Å². The zero-order valence-corrected chi connectivity index (χ0v) is 16.8. The molecule has 1 aromatic carbocycles. The van der Waals surface area contributed by atoms with E-state index in [1.165, 1.54) is 0 Å².